The van der Waals surface area contributed by atoms with Crippen LogP contribution in [-0.2, 0) is 6.54 Å². The number of imidazole rings is 1. The van der Waals surface area contributed by atoms with E-state index in [-0.39, 0.29) is 0 Å². The number of pyridine rings is 1. The second-order valence-electron chi connectivity index (χ2n) is 4.08. The smallest absolute Gasteiger partial charge is 0.140 e. The van der Waals surface area contributed by atoms with E-state index in [2.05, 4.69) is 35.8 Å². The molecule has 0 bridgehead atoms. The van der Waals surface area contributed by atoms with E-state index in [1.807, 2.05) is 19.4 Å². The van der Waals surface area contributed by atoms with Crippen LogP contribution in [-0.4, -0.2) is 21.1 Å². The summed E-state index contributed by atoms with van der Waals surface area (Å²) >= 11 is 3.50. The summed E-state index contributed by atoms with van der Waals surface area (Å²) in [7, 11) is 0. The van der Waals surface area contributed by atoms with E-state index in [0.717, 1.165) is 35.4 Å². The van der Waals surface area contributed by atoms with Crippen molar-refractivity contribution in [2.24, 2.45) is 0 Å². The van der Waals surface area contributed by atoms with Gasteiger partial charge >= 0.3 is 0 Å². The average molecular weight is 310 g/mol. The van der Waals surface area contributed by atoms with Crippen LogP contribution in [0.3, 0.4) is 0 Å². The molecule has 0 aromatic carbocycles. The molecule has 0 saturated heterocycles. The molecule has 2 heterocycles. The zero-order chi connectivity index (χ0) is 13.0. The summed E-state index contributed by atoms with van der Waals surface area (Å²) in [6.07, 6.45) is 8.25. The molecule has 0 fully saturated rings. The molecule has 2 rings (SSSR count). The summed E-state index contributed by atoms with van der Waals surface area (Å²) < 4.78 is 2.99. The normalized spacial score (nSPS) is 10.6. The second kappa shape index (κ2) is 5.86. The van der Waals surface area contributed by atoms with Crippen molar-refractivity contribution in [3.05, 3.63) is 35.0 Å². The highest BCUT2D eigenvalue weighted by Crippen LogP contribution is 2.27. The molecule has 0 aliphatic rings. The number of nitrogens with zero attached hydrogens (tertiary/aromatic N) is 3. The molecule has 2 aromatic rings. The first-order valence-corrected chi connectivity index (χ1v) is 6.58. The van der Waals surface area contributed by atoms with Gasteiger partial charge in [-0.05, 0) is 34.8 Å². The highest BCUT2D eigenvalue weighted by molar-refractivity contribution is 9.10. The predicted octanol–water partition coefficient (Wildman–Crippen LogP) is 2.43. The van der Waals surface area contributed by atoms with Gasteiger partial charge in [-0.15, -0.1) is 0 Å². The maximum Gasteiger partial charge on any atom is 0.140 e. The van der Waals surface area contributed by atoms with Crippen molar-refractivity contribution in [2.45, 2.75) is 19.9 Å². The molecule has 0 spiro atoms. The maximum atomic E-state index is 5.78. The third-order valence-electron chi connectivity index (χ3n) is 2.75. The number of nitrogen functional groups attached to an aromatic ring is 1. The Hall–Kier alpha value is -1.56. The van der Waals surface area contributed by atoms with E-state index in [9.17, 15) is 0 Å². The Kier molecular flexibility index (Phi) is 4.19. The van der Waals surface area contributed by atoms with Gasteiger partial charge in [-0.3, -0.25) is 0 Å². The number of nitrogens with one attached hydrogen (secondary N) is 1. The number of aromatic nitrogens is 3. The molecule has 0 atom stereocenters. The zero-order valence-electron chi connectivity index (χ0n) is 10.2. The Balaban J connectivity index is 1.85. The molecule has 5 nitrogen and oxygen atoms in total. The van der Waals surface area contributed by atoms with Crippen LogP contribution in [0.1, 0.15) is 12.0 Å². The highest BCUT2D eigenvalue weighted by atomic mass is 79.9. The SMILES string of the molecule is Cc1c(N)cnc(NCCCn2ccnc2)c1Br. The van der Waals surface area contributed by atoms with Crippen LogP contribution in [0, 0.1) is 6.92 Å². The molecule has 3 N–H and O–H groups in total. The molecule has 96 valence electrons. The molecule has 0 unspecified atom stereocenters. The van der Waals surface area contributed by atoms with Gasteiger partial charge in [0.1, 0.15) is 5.82 Å². The lowest BCUT2D eigenvalue weighted by atomic mass is 10.2. The van der Waals surface area contributed by atoms with E-state index in [4.69, 9.17) is 5.73 Å². The van der Waals surface area contributed by atoms with Crippen molar-refractivity contribution in [3.63, 3.8) is 0 Å². The fourth-order valence-corrected chi connectivity index (χ4v) is 2.07. The number of aryl methyl sites for hydroxylation is 1. The minimum absolute atomic E-state index is 0.700. The highest BCUT2D eigenvalue weighted by Gasteiger charge is 2.06. The van der Waals surface area contributed by atoms with Crippen molar-refractivity contribution in [1.29, 1.82) is 0 Å². The fourth-order valence-electron chi connectivity index (χ4n) is 1.60. The van der Waals surface area contributed by atoms with E-state index < -0.39 is 0 Å². The number of halogens is 1. The molecular formula is C12H16BrN5. The van der Waals surface area contributed by atoms with Crippen LogP contribution in [0.2, 0.25) is 0 Å². The number of rotatable bonds is 5. The molecule has 0 saturated carbocycles. The van der Waals surface area contributed by atoms with Crippen LogP contribution in [0.15, 0.2) is 29.4 Å². The molecule has 0 amide bonds. The summed E-state index contributed by atoms with van der Waals surface area (Å²) in [5, 5.41) is 3.30. The Bertz CT molecular complexity index is 509. The lowest BCUT2D eigenvalue weighted by Gasteiger charge is -2.10. The van der Waals surface area contributed by atoms with Crippen LogP contribution >= 0.6 is 15.9 Å². The second-order valence-corrected chi connectivity index (χ2v) is 4.87. The van der Waals surface area contributed by atoms with Crippen molar-refractivity contribution >= 4 is 27.4 Å². The molecule has 0 aliphatic carbocycles. The largest absolute Gasteiger partial charge is 0.397 e. The minimum atomic E-state index is 0.700. The number of hydrogen-bond acceptors (Lipinski definition) is 4. The zero-order valence-corrected chi connectivity index (χ0v) is 11.8. The third kappa shape index (κ3) is 3.01. The topological polar surface area (TPSA) is 68.8 Å². The summed E-state index contributed by atoms with van der Waals surface area (Å²) in [6.45, 7) is 3.77. The van der Waals surface area contributed by atoms with Gasteiger partial charge < -0.3 is 15.6 Å². The molecule has 0 aliphatic heterocycles. The van der Waals surface area contributed by atoms with Crippen molar-refractivity contribution < 1.29 is 0 Å². The first-order chi connectivity index (χ1) is 8.68. The molecule has 0 radical (unpaired) electrons. The quantitative estimate of drug-likeness (QED) is 0.832. The first-order valence-electron chi connectivity index (χ1n) is 5.78. The van der Waals surface area contributed by atoms with Gasteiger partial charge in [-0.25, -0.2) is 9.97 Å². The lowest BCUT2D eigenvalue weighted by molar-refractivity contribution is 0.660. The van der Waals surface area contributed by atoms with Gasteiger partial charge in [-0.2, -0.15) is 0 Å². The summed E-state index contributed by atoms with van der Waals surface area (Å²) in [5.74, 6) is 0.840. The lowest BCUT2D eigenvalue weighted by Crippen LogP contribution is -2.08. The Labute approximate surface area is 115 Å². The minimum Gasteiger partial charge on any atom is -0.397 e. The third-order valence-corrected chi connectivity index (χ3v) is 3.72. The molecule has 18 heavy (non-hydrogen) atoms. The number of hydrogen-bond donors (Lipinski definition) is 2. The Morgan fingerprint density at radius 3 is 3.06 bits per heavy atom. The van der Waals surface area contributed by atoms with E-state index in [1.165, 1.54) is 0 Å². The molecule has 2 aromatic heterocycles. The van der Waals surface area contributed by atoms with Crippen molar-refractivity contribution in [3.8, 4) is 0 Å². The fraction of sp³-hybridized carbons (Fsp3) is 0.333. The van der Waals surface area contributed by atoms with Gasteiger partial charge in [-0.1, -0.05) is 0 Å². The average Bonchev–Trinajstić information content (AvgIpc) is 2.87. The monoisotopic (exact) mass is 309 g/mol. The van der Waals surface area contributed by atoms with E-state index >= 15 is 0 Å². The number of nitrogens with two attached hydrogens (primary N) is 1. The summed E-state index contributed by atoms with van der Waals surface area (Å²) in [6, 6.07) is 0. The van der Waals surface area contributed by atoms with Crippen LogP contribution in [0.25, 0.3) is 0 Å². The predicted molar refractivity (Wildman–Crippen MR) is 76.4 cm³/mol. The maximum absolute atomic E-state index is 5.78. The summed E-state index contributed by atoms with van der Waals surface area (Å²) in [4.78, 5) is 8.27. The van der Waals surface area contributed by atoms with Crippen LogP contribution in [0.5, 0.6) is 0 Å². The molecular weight excluding hydrogens is 294 g/mol. The van der Waals surface area contributed by atoms with Gasteiger partial charge in [0, 0.05) is 25.5 Å². The van der Waals surface area contributed by atoms with Gasteiger partial charge in [0.25, 0.3) is 0 Å². The standard InChI is InChI=1S/C12H16BrN5/c1-9-10(14)7-17-12(11(9)13)16-3-2-5-18-6-4-15-8-18/h4,6-8H,2-3,5,14H2,1H3,(H,16,17). The van der Waals surface area contributed by atoms with Crippen molar-refractivity contribution in [2.75, 3.05) is 17.6 Å². The van der Waals surface area contributed by atoms with Crippen molar-refractivity contribution in [1.82, 2.24) is 14.5 Å². The van der Waals surface area contributed by atoms with Crippen LogP contribution < -0.4 is 11.1 Å². The van der Waals surface area contributed by atoms with Crippen LogP contribution in [0.4, 0.5) is 11.5 Å². The van der Waals surface area contributed by atoms with E-state index in [1.54, 1.807) is 12.4 Å². The van der Waals surface area contributed by atoms with Gasteiger partial charge in [0.15, 0.2) is 0 Å². The summed E-state index contributed by atoms with van der Waals surface area (Å²) in [5.41, 5.74) is 7.49. The van der Waals surface area contributed by atoms with E-state index in [0.29, 0.717) is 5.69 Å². The Morgan fingerprint density at radius 2 is 2.33 bits per heavy atom. The van der Waals surface area contributed by atoms with Gasteiger partial charge in [0.2, 0.25) is 0 Å². The molecule has 6 heteroatoms. The van der Waals surface area contributed by atoms with Gasteiger partial charge in [0.05, 0.1) is 22.7 Å². The Morgan fingerprint density at radius 1 is 1.50 bits per heavy atom. The first kappa shape index (κ1) is 12.9. The number of anilines is 2.